The minimum absolute atomic E-state index is 0.0871. The van der Waals surface area contributed by atoms with Crippen molar-refractivity contribution in [2.24, 2.45) is 0 Å². The number of carbonyl (C=O) groups is 1. The number of fused-ring (bicyclic) bond motifs is 1. The van der Waals surface area contributed by atoms with Gasteiger partial charge in [0.15, 0.2) is 0 Å². The molecule has 2 N–H and O–H groups in total. The topological polar surface area (TPSA) is 86.7 Å². The van der Waals surface area contributed by atoms with Crippen molar-refractivity contribution in [3.8, 4) is 0 Å². The van der Waals surface area contributed by atoms with E-state index in [-0.39, 0.29) is 11.3 Å². The normalized spacial score (nSPS) is 12.9. The molecule has 0 aliphatic carbocycles. The van der Waals surface area contributed by atoms with Gasteiger partial charge in [0.1, 0.15) is 6.04 Å². The Morgan fingerprint density at radius 2 is 1.88 bits per heavy atom. The smallest absolute Gasteiger partial charge is 0.321 e. The van der Waals surface area contributed by atoms with Crippen molar-refractivity contribution in [1.29, 1.82) is 0 Å². The Balaban J connectivity index is 2.49. The minimum Gasteiger partial charge on any atom is -0.480 e. The molecule has 136 valence electrons. The molecule has 6 nitrogen and oxygen atoms in total. The van der Waals surface area contributed by atoms with Gasteiger partial charge in [-0.25, -0.2) is 8.42 Å². The number of hydrogen-bond donors (Lipinski definition) is 2. The van der Waals surface area contributed by atoms with E-state index in [4.69, 9.17) is 0 Å². The lowest BCUT2D eigenvalue weighted by Crippen LogP contribution is -2.41. The third-order valence-electron chi connectivity index (χ3n) is 3.84. The average Bonchev–Trinajstić information content (AvgIpc) is 2.57. The van der Waals surface area contributed by atoms with Gasteiger partial charge < -0.3 is 10.0 Å². The van der Waals surface area contributed by atoms with Crippen molar-refractivity contribution in [3.63, 3.8) is 0 Å². The van der Waals surface area contributed by atoms with Crippen molar-refractivity contribution < 1.29 is 18.3 Å². The molecule has 0 heterocycles. The molecular formula is C17H22N2O4S2. The van der Waals surface area contributed by atoms with Gasteiger partial charge in [-0.3, -0.25) is 4.79 Å². The molecular weight excluding hydrogens is 362 g/mol. The second kappa shape index (κ2) is 8.07. The van der Waals surface area contributed by atoms with Crippen molar-refractivity contribution in [3.05, 3.63) is 36.4 Å². The molecule has 0 amide bonds. The monoisotopic (exact) mass is 384 g/mol. The van der Waals surface area contributed by atoms with Crippen LogP contribution in [0.1, 0.15) is 6.42 Å². The quantitative estimate of drug-likeness (QED) is 0.727. The van der Waals surface area contributed by atoms with Gasteiger partial charge in [-0.05, 0) is 30.6 Å². The summed E-state index contributed by atoms with van der Waals surface area (Å²) >= 11 is 1.47. The number of rotatable bonds is 8. The summed E-state index contributed by atoms with van der Waals surface area (Å²) in [6, 6.07) is 9.30. The zero-order valence-corrected chi connectivity index (χ0v) is 16.0. The molecule has 2 aromatic carbocycles. The fourth-order valence-corrected chi connectivity index (χ4v) is 4.52. The molecule has 0 saturated heterocycles. The minimum atomic E-state index is -3.96. The lowest BCUT2D eigenvalue weighted by molar-refractivity contribution is -0.139. The molecule has 2 aromatic rings. The standard InChI is InChI=1S/C17H22N2O4S2/c1-19(2)15-8-4-7-13-12(15)6-5-9-16(13)25(22,23)18-14(17(20)21)10-11-24-3/h4-9,14,18H,10-11H2,1-3H3,(H,20,21)/t14-/m0/s1/i3+2. The summed E-state index contributed by atoms with van der Waals surface area (Å²) in [7, 11) is -0.191. The Morgan fingerprint density at radius 3 is 2.48 bits per heavy atom. The number of nitrogens with zero attached hydrogens (tertiary/aromatic N) is 1. The highest BCUT2D eigenvalue weighted by Gasteiger charge is 2.26. The number of carboxylic acid groups (broad SMARTS) is 1. The Labute approximate surface area is 152 Å². The summed E-state index contributed by atoms with van der Waals surface area (Å²) in [5, 5.41) is 10.7. The number of benzene rings is 2. The van der Waals surface area contributed by atoms with E-state index >= 15 is 0 Å². The van der Waals surface area contributed by atoms with E-state index in [2.05, 4.69) is 4.72 Å². The predicted octanol–water partition coefficient (Wildman–Crippen LogP) is 2.39. The van der Waals surface area contributed by atoms with Crippen LogP contribution in [0, 0.1) is 0 Å². The number of thioether (sulfide) groups is 1. The van der Waals surface area contributed by atoms with Gasteiger partial charge in [-0.15, -0.1) is 0 Å². The van der Waals surface area contributed by atoms with Crippen LogP contribution in [0.5, 0.6) is 0 Å². The van der Waals surface area contributed by atoms with E-state index in [1.54, 1.807) is 18.2 Å². The fourth-order valence-electron chi connectivity index (χ4n) is 2.61. The van der Waals surface area contributed by atoms with Crippen LogP contribution >= 0.6 is 11.8 Å². The largest absolute Gasteiger partial charge is 0.480 e. The average molecular weight is 384 g/mol. The predicted molar refractivity (Wildman–Crippen MR) is 103 cm³/mol. The van der Waals surface area contributed by atoms with E-state index in [9.17, 15) is 18.3 Å². The highest BCUT2D eigenvalue weighted by Crippen LogP contribution is 2.30. The van der Waals surface area contributed by atoms with E-state index in [0.29, 0.717) is 11.1 Å². The lowest BCUT2D eigenvalue weighted by Gasteiger charge is -2.18. The highest BCUT2D eigenvalue weighted by atomic mass is 32.2. The van der Waals surface area contributed by atoms with Crippen LogP contribution < -0.4 is 9.62 Å². The zero-order valence-electron chi connectivity index (χ0n) is 14.4. The molecule has 8 heteroatoms. The Kier molecular flexibility index (Phi) is 6.31. The molecule has 0 spiro atoms. The molecule has 0 fully saturated rings. The first-order chi connectivity index (χ1) is 11.8. The van der Waals surface area contributed by atoms with Crippen LogP contribution in [0.15, 0.2) is 41.3 Å². The van der Waals surface area contributed by atoms with E-state index in [1.165, 1.54) is 17.8 Å². The second-order valence-corrected chi connectivity index (χ2v) is 8.48. The van der Waals surface area contributed by atoms with Crippen molar-refractivity contribution in [1.82, 2.24) is 4.72 Å². The fraction of sp³-hybridized carbons (Fsp3) is 0.353. The summed E-state index contributed by atoms with van der Waals surface area (Å²) in [6.45, 7) is 0. The van der Waals surface area contributed by atoms with E-state index in [1.807, 2.05) is 37.4 Å². The molecule has 0 bridgehead atoms. The Morgan fingerprint density at radius 1 is 1.24 bits per heavy atom. The summed E-state index contributed by atoms with van der Waals surface area (Å²) in [5.74, 6) is -0.619. The summed E-state index contributed by atoms with van der Waals surface area (Å²) in [6.07, 6.45) is 2.07. The van der Waals surface area contributed by atoms with E-state index < -0.39 is 22.0 Å². The molecule has 1 atom stereocenters. The maximum atomic E-state index is 12.8. The third kappa shape index (κ3) is 4.45. The third-order valence-corrected chi connectivity index (χ3v) is 6.01. The van der Waals surface area contributed by atoms with Gasteiger partial charge >= 0.3 is 5.97 Å². The Hall–Kier alpha value is -1.77. The van der Waals surface area contributed by atoms with Gasteiger partial charge in [0.05, 0.1) is 4.90 Å². The first kappa shape index (κ1) is 19.6. The molecule has 0 aliphatic heterocycles. The van der Waals surface area contributed by atoms with Gasteiger partial charge in [0.2, 0.25) is 10.0 Å². The van der Waals surface area contributed by atoms with Crippen LogP contribution in [0.2, 0.25) is 0 Å². The maximum Gasteiger partial charge on any atom is 0.321 e. The summed E-state index contributed by atoms with van der Waals surface area (Å²) in [5.41, 5.74) is 0.895. The van der Waals surface area contributed by atoms with Crippen LogP contribution in [-0.2, 0) is 14.8 Å². The van der Waals surface area contributed by atoms with Crippen LogP contribution in [0.4, 0.5) is 5.69 Å². The van der Waals surface area contributed by atoms with Crippen LogP contribution in [0.25, 0.3) is 10.8 Å². The maximum absolute atomic E-state index is 12.8. The molecule has 2 rings (SSSR count). The van der Waals surface area contributed by atoms with Gasteiger partial charge in [0, 0.05) is 30.6 Å². The summed E-state index contributed by atoms with van der Waals surface area (Å²) < 4.78 is 28.0. The van der Waals surface area contributed by atoms with Crippen molar-refractivity contribution >= 4 is 44.2 Å². The first-order valence-electron chi connectivity index (χ1n) is 7.71. The summed E-state index contributed by atoms with van der Waals surface area (Å²) in [4.78, 5) is 13.4. The number of carboxylic acids is 1. The zero-order chi connectivity index (χ0) is 18.6. The highest BCUT2D eigenvalue weighted by molar-refractivity contribution is 7.98. The van der Waals surface area contributed by atoms with Crippen LogP contribution in [-0.4, -0.2) is 51.6 Å². The number of hydrogen-bond acceptors (Lipinski definition) is 5. The number of nitrogens with one attached hydrogen (secondary N) is 1. The number of sulfonamides is 1. The second-order valence-electron chi connectivity index (χ2n) is 5.82. The number of anilines is 1. The van der Waals surface area contributed by atoms with Gasteiger partial charge in [0.25, 0.3) is 0 Å². The van der Waals surface area contributed by atoms with Gasteiger partial charge in [-0.1, -0.05) is 24.3 Å². The lowest BCUT2D eigenvalue weighted by atomic mass is 10.1. The molecule has 0 aromatic heterocycles. The van der Waals surface area contributed by atoms with Gasteiger partial charge in [-0.2, -0.15) is 16.5 Å². The molecule has 0 unspecified atom stereocenters. The van der Waals surface area contributed by atoms with Crippen LogP contribution in [0.3, 0.4) is 0 Å². The van der Waals surface area contributed by atoms with Crippen molar-refractivity contribution in [2.75, 3.05) is 31.0 Å². The molecule has 0 saturated carbocycles. The van der Waals surface area contributed by atoms with E-state index in [0.717, 1.165) is 11.1 Å². The first-order valence-corrected chi connectivity index (χ1v) is 10.6. The van der Waals surface area contributed by atoms with Crippen molar-refractivity contribution in [2.45, 2.75) is 17.4 Å². The SMILES string of the molecule is CN(C)c1cccc2c(S(=O)(=O)N[C@@H](CCS[14CH3])C(=O)O)cccc12. The molecule has 0 aliphatic rings. The molecule has 0 radical (unpaired) electrons. The Bertz CT molecular complexity index is 866. The molecule has 25 heavy (non-hydrogen) atoms. The number of aliphatic carboxylic acids is 1.